The van der Waals surface area contributed by atoms with Crippen LogP contribution in [0, 0.1) is 0 Å². The first-order chi connectivity index (χ1) is 13.6. The SMILES string of the molecule is CCOc1cccc(CNC(C)CC(=O)Nc2cccc(N3CCCC3)c2)c1. The lowest BCUT2D eigenvalue weighted by molar-refractivity contribution is -0.116. The van der Waals surface area contributed by atoms with Crippen LogP contribution in [0.5, 0.6) is 5.75 Å². The Morgan fingerprint density at radius 2 is 1.93 bits per heavy atom. The molecule has 1 atom stereocenters. The van der Waals surface area contributed by atoms with E-state index in [1.54, 1.807) is 0 Å². The number of carbonyl (C=O) groups is 1. The molecule has 0 spiro atoms. The normalized spacial score (nSPS) is 14.7. The molecule has 5 heteroatoms. The maximum atomic E-state index is 12.4. The van der Waals surface area contributed by atoms with Crippen molar-refractivity contribution in [3.63, 3.8) is 0 Å². The van der Waals surface area contributed by atoms with E-state index in [0.29, 0.717) is 19.6 Å². The summed E-state index contributed by atoms with van der Waals surface area (Å²) in [5.74, 6) is 0.909. The summed E-state index contributed by atoms with van der Waals surface area (Å²) >= 11 is 0. The van der Waals surface area contributed by atoms with E-state index >= 15 is 0 Å². The third-order valence-electron chi connectivity index (χ3n) is 4.96. The predicted molar refractivity (Wildman–Crippen MR) is 115 cm³/mol. The molecule has 0 saturated carbocycles. The smallest absolute Gasteiger partial charge is 0.225 e. The Hall–Kier alpha value is -2.53. The first-order valence-electron chi connectivity index (χ1n) is 10.2. The van der Waals surface area contributed by atoms with Gasteiger partial charge < -0.3 is 20.3 Å². The highest BCUT2D eigenvalue weighted by Crippen LogP contribution is 2.23. The highest BCUT2D eigenvalue weighted by Gasteiger charge is 2.14. The summed E-state index contributed by atoms with van der Waals surface area (Å²) in [7, 11) is 0. The van der Waals surface area contributed by atoms with Gasteiger partial charge in [-0.3, -0.25) is 4.79 Å². The number of hydrogen-bond acceptors (Lipinski definition) is 4. The molecule has 1 saturated heterocycles. The number of anilines is 2. The number of carbonyl (C=O) groups excluding carboxylic acids is 1. The van der Waals surface area contributed by atoms with E-state index in [1.165, 1.54) is 18.5 Å². The van der Waals surface area contributed by atoms with E-state index in [4.69, 9.17) is 4.74 Å². The lowest BCUT2D eigenvalue weighted by Gasteiger charge is -2.19. The number of hydrogen-bond donors (Lipinski definition) is 2. The number of ether oxygens (including phenoxy) is 1. The van der Waals surface area contributed by atoms with Gasteiger partial charge in [-0.15, -0.1) is 0 Å². The molecule has 0 aromatic heterocycles. The molecule has 2 aromatic carbocycles. The minimum atomic E-state index is 0.0293. The van der Waals surface area contributed by atoms with E-state index < -0.39 is 0 Å². The minimum Gasteiger partial charge on any atom is -0.494 e. The van der Waals surface area contributed by atoms with Gasteiger partial charge in [0.25, 0.3) is 0 Å². The van der Waals surface area contributed by atoms with Gasteiger partial charge in [-0.1, -0.05) is 18.2 Å². The Morgan fingerprint density at radius 1 is 1.14 bits per heavy atom. The van der Waals surface area contributed by atoms with E-state index in [-0.39, 0.29) is 11.9 Å². The van der Waals surface area contributed by atoms with Gasteiger partial charge in [0, 0.05) is 43.5 Å². The van der Waals surface area contributed by atoms with Gasteiger partial charge in [-0.2, -0.15) is 0 Å². The van der Waals surface area contributed by atoms with Gasteiger partial charge in [-0.25, -0.2) is 0 Å². The van der Waals surface area contributed by atoms with Crippen molar-refractivity contribution in [2.24, 2.45) is 0 Å². The van der Waals surface area contributed by atoms with Crippen molar-refractivity contribution in [2.75, 3.05) is 29.9 Å². The molecule has 1 amide bonds. The molecular weight excluding hydrogens is 350 g/mol. The van der Waals surface area contributed by atoms with Crippen LogP contribution in [0.4, 0.5) is 11.4 Å². The lowest BCUT2D eigenvalue weighted by atomic mass is 10.1. The van der Waals surface area contributed by atoms with Crippen molar-refractivity contribution >= 4 is 17.3 Å². The van der Waals surface area contributed by atoms with Crippen molar-refractivity contribution in [1.82, 2.24) is 5.32 Å². The number of nitrogens with zero attached hydrogens (tertiary/aromatic N) is 1. The average Bonchev–Trinajstić information content (AvgIpc) is 3.22. The summed E-state index contributed by atoms with van der Waals surface area (Å²) in [4.78, 5) is 14.8. The van der Waals surface area contributed by atoms with Crippen LogP contribution in [-0.2, 0) is 11.3 Å². The van der Waals surface area contributed by atoms with Crippen molar-refractivity contribution in [3.05, 3.63) is 54.1 Å². The monoisotopic (exact) mass is 381 g/mol. The van der Waals surface area contributed by atoms with Crippen molar-refractivity contribution in [3.8, 4) is 5.75 Å². The molecule has 0 bridgehead atoms. The van der Waals surface area contributed by atoms with E-state index in [9.17, 15) is 4.79 Å². The Kier molecular flexibility index (Phi) is 7.31. The lowest BCUT2D eigenvalue weighted by Crippen LogP contribution is -2.30. The summed E-state index contributed by atoms with van der Waals surface area (Å²) in [6.45, 7) is 7.58. The number of rotatable bonds is 9. The van der Waals surface area contributed by atoms with Crippen LogP contribution < -0.4 is 20.3 Å². The van der Waals surface area contributed by atoms with Crippen molar-refractivity contribution in [1.29, 1.82) is 0 Å². The molecule has 28 heavy (non-hydrogen) atoms. The number of benzene rings is 2. The van der Waals surface area contributed by atoms with E-state index in [1.807, 2.05) is 44.2 Å². The van der Waals surface area contributed by atoms with Gasteiger partial charge in [0.15, 0.2) is 0 Å². The molecule has 2 N–H and O–H groups in total. The predicted octanol–water partition coefficient (Wildman–Crippen LogP) is 4.19. The first kappa shape index (κ1) is 20.2. The largest absolute Gasteiger partial charge is 0.494 e. The molecule has 0 radical (unpaired) electrons. The Bertz CT molecular complexity index is 772. The van der Waals surface area contributed by atoms with E-state index in [0.717, 1.165) is 30.1 Å². The maximum Gasteiger partial charge on any atom is 0.225 e. The van der Waals surface area contributed by atoms with Crippen LogP contribution in [0.2, 0.25) is 0 Å². The second kappa shape index (κ2) is 10.1. The highest BCUT2D eigenvalue weighted by molar-refractivity contribution is 5.91. The fourth-order valence-corrected chi connectivity index (χ4v) is 3.52. The second-order valence-electron chi connectivity index (χ2n) is 7.36. The molecule has 1 unspecified atom stereocenters. The second-order valence-corrected chi connectivity index (χ2v) is 7.36. The topological polar surface area (TPSA) is 53.6 Å². The van der Waals surface area contributed by atoms with Crippen molar-refractivity contribution in [2.45, 2.75) is 45.7 Å². The molecule has 1 aliphatic rings. The summed E-state index contributed by atoms with van der Waals surface area (Å²) < 4.78 is 5.54. The van der Waals surface area contributed by atoms with Crippen LogP contribution >= 0.6 is 0 Å². The van der Waals surface area contributed by atoms with Crippen molar-refractivity contribution < 1.29 is 9.53 Å². The summed E-state index contributed by atoms with van der Waals surface area (Å²) in [5, 5.41) is 6.45. The molecule has 0 aliphatic carbocycles. The highest BCUT2D eigenvalue weighted by atomic mass is 16.5. The van der Waals surface area contributed by atoms with Crippen LogP contribution in [-0.4, -0.2) is 31.6 Å². The summed E-state index contributed by atoms with van der Waals surface area (Å²) in [5.41, 5.74) is 3.21. The zero-order valence-corrected chi connectivity index (χ0v) is 16.9. The quantitative estimate of drug-likeness (QED) is 0.684. The fraction of sp³-hybridized carbons (Fsp3) is 0.435. The van der Waals surface area contributed by atoms with E-state index in [2.05, 4.69) is 33.7 Å². The number of nitrogens with one attached hydrogen (secondary N) is 2. The Balaban J connectivity index is 1.46. The average molecular weight is 382 g/mol. The molecule has 1 heterocycles. The molecule has 1 aliphatic heterocycles. The van der Waals surface area contributed by atoms with Gasteiger partial charge >= 0.3 is 0 Å². The summed E-state index contributed by atoms with van der Waals surface area (Å²) in [6.07, 6.45) is 2.92. The standard InChI is InChI=1S/C23H31N3O2/c1-3-28-22-11-6-8-19(15-22)17-24-18(2)14-23(27)25-20-9-7-10-21(16-20)26-12-4-5-13-26/h6-11,15-16,18,24H,3-5,12-14,17H2,1-2H3,(H,25,27). The van der Waals surface area contributed by atoms with Crippen LogP contribution in [0.25, 0.3) is 0 Å². The third kappa shape index (κ3) is 5.99. The third-order valence-corrected chi connectivity index (χ3v) is 4.96. The molecule has 150 valence electrons. The zero-order valence-electron chi connectivity index (χ0n) is 16.9. The van der Waals surface area contributed by atoms with Crippen LogP contribution in [0.3, 0.4) is 0 Å². The van der Waals surface area contributed by atoms with Gasteiger partial charge in [-0.05, 0) is 62.6 Å². The molecule has 2 aromatic rings. The molecule has 1 fully saturated rings. The fourth-order valence-electron chi connectivity index (χ4n) is 3.52. The minimum absolute atomic E-state index is 0.0293. The molecule has 3 rings (SSSR count). The Labute approximate surface area is 168 Å². The van der Waals surface area contributed by atoms with Gasteiger partial charge in [0.1, 0.15) is 5.75 Å². The molecular formula is C23H31N3O2. The first-order valence-corrected chi connectivity index (χ1v) is 10.2. The Morgan fingerprint density at radius 3 is 2.71 bits per heavy atom. The zero-order chi connectivity index (χ0) is 19.8. The maximum absolute atomic E-state index is 12.4. The van der Waals surface area contributed by atoms with Crippen LogP contribution in [0.15, 0.2) is 48.5 Å². The summed E-state index contributed by atoms with van der Waals surface area (Å²) in [6, 6.07) is 16.3. The molecule has 5 nitrogen and oxygen atoms in total. The number of amides is 1. The van der Waals surface area contributed by atoms with Gasteiger partial charge in [0.05, 0.1) is 6.61 Å². The van der Waals surface area contributed by atoms with Gasteiger partial charge in [0.2, 0.25) is 5.91 Å². The van der Waals surface area contributed by atoms with Crippen LogP contribution in [0.1, 0.15) is 38.7 Å².